The summed E-state index contributed by atoms with van der Waals surface area (Å²) in [5.41, 5.74) is 3.53. The number of rotatable bonds is 6. The molecule has 2 rings (SSSR count). The molecule has 1 atom stereocenters. The van der Waals surface area contributed by atoms with Gasteiger partial charge in [0.15, 0.2) is 0 Å². The smallest absolute Gasteiger partial charge is 0.119 e. The van der Waals surface area contributed by atoms with E-state index in [0.717, 1.165) is 11.3 Å². The third kappa shape index (κ3) is 5.07. The van der Waals surface area contributed by atoms with Gasteiger partial charge in [-0.2, -0.15) is 9.90 Å². The van der Waals surface area contributed by atoms with Crippen LogP contribution in [0.2, 0.25) is 0 Å². The molecule has 3 heteroatoms. The van der Waals surface area contributed by atoms with Crippen LogP contribution in [0.4, 0.5) is 0 Å². The monoisotopic (exact) mass is 288 g/mol. The minimum atomic E-state index is 0. The minimum Gasteiger partial charge on any atom is -0.497 e. The van der Waals surface area contributed by atoms with Crippen LogP contribution in [0.3, 0.4) is 0 Å². The summed E-state index contributed by atoms with van der Waals surface area (Å²) in [6, 6.07) is 16.2. The number of ether oxygens (including phenoxy) is 2. The summed E-state index contributed by atoms with van der Waals surface area (Å²) in [6.07, 6.45) is 1.45. The van der Waals surface area contributed by atoms with Crippen molar-refractivity contribution in [2.45, 2.75) is 20.1 Å². The predicted octanol–water partition coefficient (Wildman–Crippen LogP) is 4.29. The average molecular weight is 288 g/mol. The lowest BCUT2D eigenvalue weighted by atomic mass is 10.2. The number of hydrogen-bond donors (Lipinski definition) is 0. The summed E-state index contributed by atoms with van der Waals surface area (Å²) < 4.78 is 10.9. The van der Waals surface area contributed by atoms with Crippen molar-refractivity contribution in [1.82, 2.24) is 0 Å². The maximum Gasteiger partial charge on any atom is 0.119 e. The van der Waals surface area contributed by atoms with Crippen LogP contribution < -0.4 is 4.74 Å². The SMILES string of the molecule is C=COCc1ccc(OCc2ccc(C)cc2)cc1.P. The van der Waals surface area contributed by atoms with Crippen molar-refractivity contribution in [2.75, 3.05) is 0 Å². The molecule has 0 aliphatic rings. The van der Waals surface area contributed by atoms with Crippen LogP contribution in [-0.2, 0) is 18.0 Å². The van der Waals surface area contributed by atoms with Crippen molar-refractivity contribution in [3.63, 3.8) is 0 Å². The highest BCUT2D eigenvalue weighted by Gasteiger charge is 1.97. The lowest BCUT2D eigenvalue weighted by Crippen LogP contribution is -1.95. The van der Waals surface area contributed by atoms with Crippen LogP contribution in [-0.4, -0.2) is 0 Å². The van der Waals surface area contributed by atoms with E-state index in [2.05, 4.69) is 37.8 Å². The lowest BCUT2D eigenvalue weighted by molar-refractivity contribution is 0.237. The van der Waals surface area contributed by atoms with Crippen molar-refractivity contribution in [2.24, 2.45) is 0 Å². The fourth-order valence-corrected chi connectivity index (χ4v) is 1.69. The van der Waals surface area contributed by atoms with E-state index in [1.165, 1.54) is 17.4 Å². The first kappa shape index (κ1) is 16.3. The van der Waals surface area contributed by atoms with Crippen molar-refractivity contribution in [3.05, 3.63) is 78.1 Å². The summed E-state index contributed by atoms with van der Waals surface area (Å²) in [7, 11) is 0. The maximum atomic E-state index is 5.73. The van der Waals surface area contributed by atoms with E-state index in [1.807, 2.05) is 24.3 Å². The van der Waals surface area contributed by atoms with Gasteiger partial charge in [0.1, 0.15) is 19.0 Å². The zero-order valence-electron chi connectivity index (χ0n) is 11.8. The summed E-state index contributed by atoms with van der Waals surface area (Å²) in [6.45, 7) is 6.72. The number of benzene rings is 2. The Kier molecular flexibility index (Phi) is 6.83. The first-order valence-corrected chi connectivity index (χ1v) is 6.28. The zero-order chi connectivity index (χ0) is 13.5. The Bertz CT molecular complexity index is 518. The van der Waals surface area contributed by atoms with Gasteiger partial charge < -0.3 is 9.47 Å². The molecule has 0 bridgehead atoms. The van der Waals surface area contributed by atoms with Gasteiger partial charge in [0.05, 0.1) is 6.26 Å². The highest BCUT2D eigenvalue weighted by atomic mass is 31.0. The van der Waals surface area contributed by atoms with Gasteiger partial charge >= 0.3 is 0 Å². The highest BCUT2D eigenvalue weighted by molar-refractivity contribution is 6.92. The van der Waals surface area contributed by atoms with Crippen molar-refractivity contribution in [3.8, 4) is 5.75 Å². The Hall–Kier alpha value is -1.79. The Morgan fingerprint density at radius 3 is 2.05 bits per heavy atom. The quantitative estimate of drug-likeness (QED) is 0.583. The van der Waals surface area contributed by atoms with Crippen molar-refractivity contribution < 1.29 is 9.47 Å². The normalized spacial score (nSPS) is 9.45. The molecule has 2 aromatic carbocycles. The van der Waals surface area contributed by atoms with Crippen LogP contribution in [0.15, 0.2) is 61.4 Å². The van der Waals surface area contributed by atoms with E-state index >= 15 is 0 Å². The van der Waals surface area contributed by atoms with Crippen molar-refractivity contribution in [1.29, 1.82) is 0 Å². The molecule has 0 saturated carbocycles. The second-order valence-electron chi connectivity index (χ2n) is 4.40. The molecule has 0 fully saturated rings. The van der Waals surface area contributed by atoms with Gasteiger partial charge in [-0.25, -0.2) is 0 Å². The zero-order valence-corrected chi connectivity index (χ0v) is 13.3. The molecule has 2 nitrogen and oxygen atoms in total. The third-order valence-electron chi connectivity index (χ3n) is 2.82. The maximum absolute atomic E-state index is 5.73. The average Bonchev–Trinajstić information content (AvgIpc) is 2.46. The molecule has 0 spiro atoms. The number of hydrogen-bond acceptors (Lipinski definition) is 2. The standard InChI is InChI=1S/C17H18O2.H3P/c1-3-18-12-15-8-10-17(11-9-15)19-13-16-6-4-14(2)5-7-16;/h3-11H,1,12-13H2,2H3;1H3. The van der Waals surface area contributed by atoms with Crippen molar-refractivity contribution >= 4 is 9.90 Å². The van der Waals surface area contributed by atoms with E-state index in [9.17, 15) is 0 Å². The van der Waals surface area contributed by atoms with Gasteiger partial charge in [-0.15, -0.1) is 0 Å². The van der Waals surface area contributed by atoms with Gasteiger partial charge in [0, 0.05) is 0 Å². The first-order valence-electron chi connectivity index (χ1n) is 6.28. The third-order valence-corrected chi connectivity index (χ3v) is 2.82. The molecule has 0 N–H and O–H groups in total. The van der Waals surface area contributed by atoms with E-state index in [0.29, 0.717) is 13.2 Å². The van der Waals surface area contributed by atoms with Gasteiger partial charge in [0.25, 0.3) is 0 Å². The van der Waals surface area contributed by atoms with E-state index in [-0.39, 0.29) is 9.90 Å². The molecule has 0 amide bonds. The van der Waals surface area contributed by atoms with Gasteiger partial charge in [-0.05, 0) is 30.2 Å². The van der Waals surface area contributed by atoms with Crippen LogP contribution in [0.5, 0.6) is 5.75 Å². The van der Waals surface area contributed by atoms with Crippen LogP contribution in [0, 0.1) is 6.92 Å². The molecular weight excluding hydrogens is 267 g/mol. The molecule has 0 radical (unpaired) electrons. The summed E-state index contributed by atoms with van der Waals surface area (Å²) in [5, 5.41) is 0. The molecule has 0 aromatic heterocycles. The minimum absolute atomic E-state index is 0. The molecular formula is C17H21O2P. The van der Waals surface area contributed by atoms with Crippen LogP contribution >= 0.6 is 9.90 Å². The predicted molar refractivity (Wildman–Crippen MR) is 88.0 cm³/mol. The largest absolute Gasteiger partial charge is 0.497 e. The van der Waals surface area contributed by atoms with Crippen LogP contribution in [0.25, 0.3) is 0 Å². The molecule has 0 aliphatic heterocycles. The molecule has 1 unspecified atom stereocenters. The Morgan fingerprint density at radius 2 is 1.45 bits per heavy atom. The molecule has 0 saturated heterocycles. The fraction of sp³-hybridized carbons (Fsp3) is 0.176. The van der Waals surface area contributed by atoms with Gasteiger partial charge in [-0.3, -0.25) is 0 Å². The fourth-order valence-electron chi connectivity index (χ4n) is 1.69. The Labute approximate surface area is 124 Å². The van der Waals surface area contributed by atoms with E-state index in [4.69, 9.17) is 9.47 Å². The summed E-state index contributed by atoms with van der Waals surface area (Å²) in [5.74, 6) is 0.864. The summed E-state index contributed by atoms with van der Waals surface area (Å²) in [4.78, 5) is 0. The highest BCUT2D eigenvalue weighted by Crippen LogP contribution is 2.15. The second-order valence-corrected chi connectivity index (χ2v) is 4.40. The van der Waals surface area contributed by atoms with Crippen LogP contribution in [0.1, 0.15) is 16.7 Å². The topological polar surface area (TPSA) is 18.5 Å². The lowest BCUT2D eigenvalue weighted by Gasteiger charge is -2.07. The van der Waals surface area contributed by atoms with E-state index in [1.54, 1.807) is 0 Å². The molecule has 2 aromatic rings. The molecule has 0 heterocycles. The molecule has 0 aliphatic carbocycles. The second kappa shape index (κ2) is 8.39. The number of aryl methyl sites for hydroxylation is 1. The van der Waals surface area contributed by atoms with Gasteiger partial charge in [0.2, 0.25) is 0 Å². The Morgan fingerprint density at radius 1 is 0.900 bits per heavy atom. The van der Waals surface area contributed by atoms with Gasteiger partial charge in [-0.1, -0.05) is 48.5 Å². The van der Waals surface area contributed by atoms with E-state index < -0.39 is 0 Å². The Balaban J connectivity index is 0.00000200. The summed E-state index contributed by atoms with van der Waals surface area (Å²) >= 11 is 0. The molecule has 106 valence electrons. The molecule has 20 heavy (non-hydrogen) atoms. The first-order chi connectivity index (χ1) is 9.28.